The molecular weight excluding hydrogens is 230 g/mol. The highest BCUT2D eigenvalue weighted by Gasteiger charge is 2.08. The van der Waals surface area contributed by atoms with Gasteiger partial charge in [-0.1, -0.05) is 12.1 Å². The van der Waals surface area contributed by atoms with E-state index in [1.54, 1.807) is 12.1 Å². The van der Waals surface area contributed by atoms with Crippen molar-refractivity contribution in [3.05, 3.63) is 54.0 Å². The molecule has 1 aromatic carbocycles. The molecule has 1 heterocycles. The maximum Gasteiger partial charge on any atom is 0.291 e. The standard InChI is InChI=1S/C14H15NO3/c16-8-2-5-11-4-1-6-12(10-11)15-14(17)13-7-3-9-18-13/h1,3-4,6-7,9-10,16H,2,5,8H2,(H,15,17). The van der Waals surface area contributed by atoms with Gasteiger partial charge in [0.2, 0.25) is 0 Å². The average Bonchev–Trinajstić information content (AvgIpc) is 2.91. The monoisotopic (exact) mass is 245 g/mol. The molecular formula is C14H15NO3. The summed E-state index contributed by atoms with van der Waals surface area (Å²) in [5.41, 5.74) is 1.81. The van der Waals surface area contributed by atoms with Crippen molar-refractivity contribution in [2.24, 2.45) is 0 Å². The molecule has 2 aromatic rings. The average molecular weight is 245 g/mol. The first kappa shape index (κ1) is 12.4. The number of hydrogen-bond acceptors (Lipinski definition) is 3. The zero-order chi connectivity index (χ0) is 12.8. The number of aliphatic hydroxyl groups is 1. The van der Waals surface area contributed by atoms with E-state index in [9.17, 15) is 4.79 Å². The zero-order valence-electron chi connectivity index (χ0n) is 9.93. The van der Waals surface area contributed by atoms with Gasteiger partial charge in [-0.15, -0.1) is 0 Å². The highest BCUT2D eigenvalue weighted by Crippen LogP contribution is 2.13. The number of furan rings is 1. The van der Waals surface area contributed by atoms with E-state index in [1.165, 1.54) is 6.26 Å². The van der Waals surface area contributed by atoms with Crippen LogP contribution in [0, 0.1) is 0 Å². The second kappa shape index (κ2) is 6.02. The van der Waals surface area contributed by atoms with Gasteiger partial charge in [0.25, 0.3) is 5.91 Å². The Kier molecular flexibility index (Phi) is 4.15. The Labute approximate surface area is 105 Å². The van der Waals surface area contributed by atoms with E-state index >= 15 is 0 Å². The number of hydrogen-bond donors (Lipinski definition) is 2. The minimum absolute atomic E-state index is 0.170. The molecule has 0 bridgehead atoms. The van der Waals surface area contributed by atoms with Gasteiger partial charge < -0.3 is 14.8 Å². The van der Waals surface area contributed by atoms with Gasteiger partial charge in [0.15, 0.2) is 5.76 Å². The summed E-state index contributed by atoms with van der Waals surface area (Å²) < 4.78 is 5.02. The van der Waals surface area contributed by atoms with Crippen LogP contribution in [-0.2, 0) is 6.42 Å². The van der Waals surface area contributed by atoms with Crippen molar-refractivity contribution in [1.29, 1.82) is 0 Å². The lowest BCUT2D eigenvalue weighted by atomic mass is 10.1. The van der Waals surface area contributed by atoms with Crippen molar-refractivity contribution in [2.75, 3.05) is 11.9 Å². The molecule has 0 aliphatic carbocycles. The second-order valence-corrected chi connectivity index (χ2v) is 3.96. The number of carbonyl (C=O) groups is 1. The molecule has 0 radical (unpaired) electrons. The third kappa shape index (κ3) is 3.21. The minimum Gasteiger partial charge on any atom is -0.459 e. The third-order valence-corrected chi connectivity index (χ3v) is 2.55. The quantitative estimate of drug-likeness (QED) is 0.850. The Balaban J connectivity index is 2.03. The Morgan fingerprint density at radius 1 is 1.28 bits per heavy atom. The smallest absolute Gasteiger partial charge is 0.291 e. The maximum absolute atomic E-state index is 11.8. The van der Waals surface area contributed by atoms with Gasteiger partial charge in [0, 0.05) is 12.3 Å². The number of aryl methyl sites for hydroxylation is 1. The van der Waals surface area contributed by atoms with Crippen LogP contribution in [0.25, 0.3) is 0 Å². The molecule has 0 saturated carbocycles. The van der Waals surface area contributed by atoms with E-state index < -0.39 is 0 Å². The molecule has 0 unspecified atom stereocenters. The predicted molar refractivity (Wildman–Crippen MR) is 68.5 cm³/mol. The van der Waals surface area contributed by atoms with E-state index in [4.69, 9.17) is 9.52 Å². The molecule has 94 valence electrons. The van der Waals surface area contributed by atoms with Gasteiger partial charge in [-0.3, -0.25) is 4.79 Å². The summed E-state index contributed by atoms with van der Waals surface area (Å²) in [5.74, 6) is 0.0232. The van der Waals surface area contributed by atoms with Crippen molar-refractivity contribution in [1.82, 2.24) is 0 Å². The lowest BCUT2D eigenvalue weighted by Crippen LogP contribution is -2.10. The number of amides is 1. The number of carbonyl (C=O) groups excluding carboxylic acids is 1. The van der Waals surface area contributed by atoms with E-state index in [2.05, 4.69) is 5.32 Å². The Bertz CT molecular complexity index is 506. The molecule has 0 spiro atoms. The Hall–Kier alpha value is -2.07. The van der Waals surface area contributed by atoms with Crippen LogP contribution in [-0.4, -0.2) is 17.6 Å². The second-order valence-electron chi connectivity index (χ2n) is 3.96. The van der Waals surface area contributed by atoms with E-state index in [0.717, 1.165) is 24.1 Å². The number of anilines is 1. The summed E-state index contributed by atoms with van der Waals surface area (Å²) in [4.78, 5) is 11.8. The van der Waals surface area contributed by atoms with E-state index in [-0.39, 0.29) is 18.3 Å². The molecule has 0 fully saturated rings. The van der Waals surface area contributed by atoms with Crippen LogP contribution in [0.4, 0.5) is 5.69 Å². The first-order chi connectivity index (χ1) is 8.79. The predicted octanol–water partition coefficient (Wildman–Crippen LogP) is 2.46. The fourth-order valence-electron chi connectivity index (χ4n) is 1.69. The number of nitrogens with one attached hydrogen (secondary N) is 1. The van der Waals surface area contributed by atoms with Gasteiger partial charge >= 0.3 is 0 Å². The molecule has 2 N–H and O–H groups in total. The maximum atomic E-state index is 11.8. The molecule has 0 saturated heterocycles. The number of benzene rings is 1. The molecule has 2 rings (SSSR count). The SMILES string of the molecule is O=C(Nc1cccc(CCCO)c1)c1ccco1. The highest BCUT2D eigenvalue weighted by atomic mass is 16.3. The van der Waals surface area contributed by atoms with Crippen LogP contribution in [0.15, 0.2) is 47.1 Å². The minimum atomic E-state index is -0.265. The lowest BCUT2D eigenvalue weighted by Gasteiger charge is -2.05. The van der Waals surface area contributed by atoms with E-state index in [0.29, 0.717) is 0 Å². The van der Waals surface area contributed by atoms with Gasteiger partial charge in [-0.2, -0.15) is 0 Å². The third-order valence-electron chi connectivity index (χ3n) is 2.55. The zero-order valence-corrected chi connectivity index (χ0v) is 9.93. The number of aliphatic hydroxyl groups excluding tert-OH is 1. The lowest BCUT2D eigenvalue weighted by molar-refractivity contribution is 0.0996. The Morgan fingerprint density at radius 3 is 2.89 bits per heavy atom. The van der Waals surface area contributed by atoms with Crippen LogP contribution in [0.5, 0.6) is 0 Å². The summed E-state index contributed by atoms with van der Waals surface area (Å²) in [6, 6.07) is 10.9. The van der Waals surface area contributed by atoms with Crippen LogP contribution < -0.4 is 5.32 Å². The fraction of sp³-hybridized carbons (Fsp3) is 0.214. The summed E-state index contributed by atoms with van der Waals surface area (Å²) in [6.07, 6.45) is 2.98. The largest absolute Gasteiger partial charge is 0.459 e. The van der Waals surface area contributed by atoms with Crippen molar-refractivity contribution < 1.29 is 14.3 Å². The van der Waals surface area contributed by atoms with Gasteiger partial charge in [-0.25, -0.2) is 0 Å². The van der Waals surface area contributed by atoms with Crippen molar-refractivity contribution >= 4 is 11.6 Å². The fourth-order valence-corrected chi connectivity index (χ4v) is 1.69. The molecule has 1 amide bonds. The first-order valence-corrected chi connectivity index (χ1v) is 5.84. The van der Waals surface area contributed by atoms with Crippen LogP contribution in [0.2, 0.25) is 0 Å². The first-order valence-electron chi connectivity index (χ1n) is 5.84. The van der Waals surface area contributed by atoms with Gasteiger partial charge in [-0.05, 0) is 42.7 Å². The van der Waals surface area contributed by atoms with Crippen LogP contribution >= 0.6 is 0 Å². The summed E-state index contributed by atoms with van der Waals surface area (Å²) in [7, 11) is 0. The normalized spacial score (nSPS) is 10.3. The molecule has 0 aliphatic heterocycles. The van der Waals surface area contributed by atoms with Crippen LogP contribution in [0.1, 0.15) is 22.5 Å². The molecule has 0 atom stereocenters. The molecule has 4 nitrogen and oxygen atoms in total. The van der Waals surface area contributed by atoms with E-state index in [1.807, 2.05) is 24.3 Å². The molecule has 1 aromatic heterocycles. The van der Waals surface area contributed by atoms with Crippen LogP contribution in [0.3, 0.4) is 0 Å². The topological polar surface area (TPSA) is 62.5 Å². The molecule has 18 heavy (non-hydrogen) atoms. The van der Waals surface area contributed by atoms with Crippen molar-refractivity contribution in [2.45, 2.75) is 12.8 Å². The highest BCUT2D eigenvalue weighted by molar-refractivity contribution is 6.02. The molecule has 0 aliphatic rings. The number of rotatable bonds is 5. The summed E-state index contributed by atoms with van der Waals surface area (Å²) in [5, 5.41) is 11.6. The Morgan fingerprint density at radius 2 is 2.17 bits per heavy atom. The van der Waals surface area contributed by atoms with Crippen molar-refractivity contribution in [3.8, 4) is 0 Å². The van der Waals surface area contributed by atoms with Gasteiger partial charge in [0.1, 0.15) is 0 Å². The summed E-state index contributed by atoms with van der Waals surface area (Å²) >= 11 is 0. The van der Waals surface area contributed by atoms with Gasteiger partial charge in [0.05, 0.1) is 6.26 Å². The summed E-state index contributed by atoms with van der Waals surface area (Å²) in [6.45, 7) is 0.170. The van der Waals surface area contributed by atoms with Crippen molar-refractivity contribution in [3.63, 3.8) is 0 Å². The molecule has 4 heteroatoms.